The molecule has 2 atom stereocenters. The summed E-state index contributed by atoms with van der Waals surface area (Å²) in [7, 11) is 0. The third-order valence-corrected chi connectivity index (χ3v) is 8.02. The standard InChI is InChI=1S/C29H46/c1-4-6-7-8-9-24-10-14-26(15-11-24)28-18-20-29(21-19-28)27-16-12-25(13-17-27)22-23(3)5-2/h16,18-21,23-26H,4-15,17,22H2,1-3H3/t23?,24-,25?,26-. The maximum atomic E-state index is 2.55. The van der Waals surface area contributed by atoms with Crippen LogP contribution < -0.4 is 0 Å². The Labute approximate surface area is 181 Å². The van der Waals surface area contributed by atoms with E-state index in [-0.39, 0.29) is 0 Å². The zero-order chi connectivity index (χ0) is 20.5. The lowest BCUT2D eigenvalue weighted by Gasteiger charge is -2.29. The minimum atomic E-state index is 0.816. The van der Waals surface area contributed by atoms with Crippen LogP contribution in [0.15, 0.2) is 30.3 Å². The maximum absolute atomic E-state index is 2.55. The van der Waals surface area contributed by atoms with Crippen molar-refractivity contribution >= 4 is 5.57 Å². The molecule has 0 aromatic heterocycles. The minimum Gasteiger partial charge on any atom is -0.0804 e. The van der Waals surface area contributed by atoms with Crippen LogP contribution in [0.4, 0.5) is 0 Å². The van der Waals surface area contributed by atoms with Crippen LogP contribution in [-0.4, -0.2) is 0 Å². The van der Waals surface area contributed by atoms with Gasteiger partial charge in [-0.25, -0.2) is 0 Å². The number of allylic oxidation sites excluding steroid dienone is 2. The van der Waals surface area contributed by atoms with Gasteiger partial charge in [0.25, 0.3) is 0 Å². The molecule has 0 heteroatoms. The van der Waals surface area contributed by atoms with Crippen LogP contribution in [0.3, 0.4) is 0 Å². The quantitative estimate of drug-likeness (QED) is 0.346. The van der Waals surface area contributed by atoms with Gasteiger partial charge in [-0.1, -0.05) is 89.6 Å². The summed E-state index contributed by atoms with van der Waals surface area (Å²) in [5.74, 6) is 3.64. The molecule has 162 valence electrons. The van der Waals surface area contributed by atoms with Gasteiger partial charge in [-0.3, -0.25) is 0 Å². The number of hydrogen-bond donors (Lipinski definition) is 0. The minimum absolute atomic E-state index is 0.816. The Morgan fingerprint density at radius 3 is 2.24 bits per heavy atom. The average Bonchev–Trinajstić information content (AvgIpc) is 2.78. The van der Waals surface area contributed by atoms with Crippen LogP contribution in [0.5, 0.6) is 0 Å². The lowest BCUT2D eigenvalue weighted by atomic mass is 9.76. The second-order valence-electron chi connectivity index (χ2n) is 10.3. The predicted molar refractivity (Wildman–Crippen MR) is 129 cm³/mol. The lowest BCUT2D eigenvalue weighted by molar-refractivity contribution is 0.302. The van der Waals surface area contributed by atoms with E-state index in [1.54, 1.807) is 11.1 Å². The fraction of sp³-hybridized carbons (Fsp3) is 0.724. The van der Waals surface area contributed by atoms with E-state index in [4.69, 9.17) is 0 Å². The van der Waals surface area contributed by atoms with Gasteiger partial charge >= 0.3 is 0 Å². The fourth-order valence-electron chi connectivity index (χ4n) is 5.71. The molecule has 1 saturated carbocycles. The molecule has 0 aliphatic heterocycles. The molecular weight excluding hydrogens is 348 g/mol. The van der Waals surface area contributed by atoms with Gasteiger partial charge in [-0.2, -0.15) is 0 Å². The van der Waals surface area contributed by atoms with E-state index in [9.17, 15) is 0 Å². The zero-order valence-corrected chi connectivity index (χ0v) is 19.6. The molecule has 0 N–H and O–H groups in total. The Balaban J connectivity index is 1.45. The molecule has 0 heterocycles. The second-order valence-corrected chi connectivity index (χ2v) is 10.3. The van der Waals surface area contributed by atoms with Crippen LogP contribution in [-0.2, 0) is 0 Å². The first kappa shape index (κ1) is 22.6. The van der Waals surface area contributed by atoms with Gasteiger partial charge < -0.3 is 0 Å². The molecule has 1 aromatic carbocycles. The highest BCUT2D eigenvalue weighted by atomic mass is 14.3. The van der Waals surface area contributed by atoms with Crippen LogP contribution >= 0.6 is 0 Å². The normalized spacial score (nSPS) is 26.2. The topological polar surface area (TPSA) is 0 Å². The SMILES string of the molecule is CCCCCC[C@H]1CC[C@H](c2ccc(C3=CCC(CC(C)CC)CC3)cc2)CC1. The van der Waals surface area contributed by atoms with E-state index in [1.165, 1.54) is 95.5 Å². The molecule has 2 aliphatic rings. The van der Waals surface area contributed by atoms with Crippen molar-refractivity contribution in [1.82, 2.24) is 0 Å². The third kappa shape index (κ3) is 7.01. The molecule has 1 aromatic rings. The van der Waals surface area contributed by atoms with Gasteiger partial charge in [0.1, 0.15) is 0 Å². The van der Waals surface area contributed by atoms with Crippen LogP contribution in [0.2, 0.25) is 0 Å². The Bertz CT molecular complexity index is 599. The summed E-state index contributed by atoms with van der Waals surface area (Å²) in [6, 6.07) is 9.75. The van der Waals surface area contributed by atoms with Gasteiger partial charge in [0.15, 0.2) is 0 Å². The van der Waals surface area contributed by atoms with Gasteiger partial charge in [-0.15, -0.1) is 0 Å². The summed E-state index contributed by atoms with van der Waals surface area (Å²) < 4.78 is 0. The van der Waals surface area contributed by atoms with E-state index in [0.29, 0.717) is 0 Å². The average molecular weight is 395 g/mol. The highest BCUT2D eigenvalue weighted by Gasteiger charge is 2.22. The Kier molecular flexibility index (Phi) is 9.35. The van der Waals surface area contributed by atoms with Crippen molar-refractivity contribution in [2.45, 2.75) is 117 Å². The van der Waals surface area contributed by atoms with Gasteiger partial charge in [0.2, 0.25) is 0 Å². The molecule has 2 unspecified atom stereocenters. The molecule has 0 bridgehead atoms. The van der Waals surface area contributed by atoms with Crippen molar-refractivity contribution in [2.75, 3.05) is 0 Å². The Hall–Kier alpha value is -1.04. The number of rotatable bonds is 10. The Morgan fingerprint density at radius 2 is 1.62 bits per heavy atom. The van der Waals surface area contributed by atoms with Gasteiger partial charge in [0, 0.05) is 0 Å². The third-order valence-electron chi connectivity index (χ3n) is 8.02. The summed E-state index contributed by atoms with van der Waals surface area (Å²) in [4.78, 5) is 0. The molecule has 0 spiro atoms. The highest BCUT2D eigenvalue weighted by molar-refractivity contribution is 5.66. The van der Waals surface area contributed by atoms with E-state index in [2.05, 4.69) is 51.1 Å². The maximum Gasteiger partial charge on any atom is -0.0162 e. The molecule has 2 aliphatic carbocycles. The van der Waals surface area contributed by atoms with Crippen molar-refractivity contribution in [3.63, 3.8) is 0 Å². The molecular formula is C29H46. The first-order valence-electron chi connectivity index (χ1n) is 13.0. The van der Waals surface area contributed by atoms with Gasteiger partial charge in [0.05, 0.1) is 0 Å². The van der Waals surface area contributed by atoms with Crippen LogP contribution in [0.25, 0.3) is 5.57 Å². The largest absolute Gasteiger partial charge is 0.0804 e. The summed E-state index contributed by atoms with van der Waals surface area (Å²) in [5, 5.41) is 0. The molecule has 0 saturated heterocycles. The smallest absolute Gasteiger partial charge is 0.0162 e. The first-order valence-corrected chi connectivity index (χ1v) is 13.0. The van der Waals surface area contributed by atoms with Crippen LogP contribution in [0, 0.1) is 17.8 Å². The number of unbranched alkanes of at least 4 members (excludes halogenated alkanes) is 3. The summed E-state index contributed by atoms with van der Waals surface area (Å²) >= 11 is 0. The van der Waals surface area contributed by atoms with E-state index < -0.39 is 0 Å². The van der Waals surface area contributed by atoms with Crippen LogP contribution in [0.1, 0.15) is 128 Å². The van der Waals surface area contributed by atoms with Crippen molar-refractivity contribution < 1.29 is 0 Å². The zero-order valence-electron chi connectivity index (χ0n) is 19.6. The van der Waals surface area contributed by atoms with Gasteiger partial charge in [-0.05, 0) is 91.7 Å². The van der Waals surface area contributed by atoms with Crippen molar-refractivity contribution in [3.05, 3.63) is 41.5 Å². The van der Waals surface area contributed by atoms with E-state index in [1.807, 2.05) is 0 Å². The fourth-order valence-corrected chi connectivity index (χ4v) is 5.71. The summed E-state index contributed by atoms with van der Waals surface area (Å²) in [6.07, 6.45) is 22.2. The van der Waals surface area contributed by atoms with E-state index >= 15 is 0 Å². The summed E-state index contributed by atoms with van der Waals surface area (Å²) in [6.45, 7) is 7.06. The summed E-state index contributed by atoms with van der Waals surface area (Å²) in [5.41, 5.74) is 4.69. The predicted octanol–water partition coefficient (Wildman–Crippen LogP) is 9.55. The number of hydrogen-bond acceptors (Lipinski definition) is 0. The molecule has 3 rings (SSSR count). The van der Waals surface area contributed by atoms with E-state index in [0.717, 1.165) is 23.7 Å². The molecule has 0 amide bonds. The van der Waals surface area contributed by atoms with Crippen molar-refractivity contribution in [1.29, 1.82) is 0 Å². The second kappa shape index (κ2) is 12.0. The first-order chi connectivity index (χ1) is 14.2. The number of benzene rings is 1. The Morgan fingerprint density at radius 1 is 0.862 bits per heavy atom. The van der Waals surface area contributed by atoms with Crippen molar-refractivity contribution in [3.8, 4) is 0 Å². The lowest BCUT2D eigenvalue weighted by Crippen LogP contribution is -2.13. The molecule has 0 radical (unpaired) electrons. The molecule has 1 fully saturated rings. The van der Waals surface area contributed by atoms with Crippen molar-refractivity contribution in [2.24, 2.45) is 17.8 Å². The molecule has 0 nitrogen and oxygen atoms in total. The highest BCUT2D eigenvalue weighted by Crippen LogP contribution is 2.39. The monoisotopic (exact) mass is 394 g/mol. The molecule has 29 heavy (non-hydrogen) atoms.